The number of hydrogen-bond donors (Lipinski definition) is 5. The predicted molar refractivity (Wildman–Crippen MR) is 159 cm³/mol. The summed E-state index contributed by atoms with van der Waals surface area (Å²) in [6, 6.07) is 6.71. The molecule has 1 aromatic heterocycles. The van der Waals surface area contributed by atoms with Crippen LogP contribution in [0.1, 0.15) is 46.5 Å². The second-order valence-electron chi connectivity index (χ2n) is 9.41. The van der Waals surface area contributed by atoms with Gasteiger partial charge in [-0.2, -0.15) is 0 Å². The zero-order chi connectivity index (χ0) is 30.1. The lowest BCUT2D eigenvalue weighted by atomic mass is 10.1. The van der Waals surface area contributed by atoms with E-state index in [1.807, 2.05) is 12.2 Å². The van der Waals surface area contributed by atoms with Crippen molar-refractivity contribution in [2.24, 2.45) is 0 Å². The Balaban J connectivity index is 2.13. The highest BCUT2D eigenvalue weighted by atomic mass is 35.5. The van der Waals surface area contributed by atoms with Gasteiger partial charge in [-0.15, -0.1) is 0 Å². The number of anilines is 1. The van der Waals surface area contributed by atoms with Crippen molar-refractivity contribution in [3.8, 4) is 0 Å². The molecule has 15 heteroatoms. The molecule has 2 atom stereocenters. The fraction of sp³-hybridized carbons (Fsp3) is 0.520. The van der Waals surface area contributed by atoms with E-state index < -0.39 is 32.5 Å². The van der Waals surface area contributed by atoms with E-state index in [4.69, 9.17) is 16.3 Å². The van der Waals surface area contributed by atoms with E-state index in [9.17, 15) is 33.7 Å². The van der Waals surface area contributed by atoms with Gasteiger partial charge in [0.15, 0.2) is 5.52 Å². The molecule has 0 saturated carbocycles. The highest BCUT2D eigenvalue weighted by Crippen LogP contribution is 2.57. The molecule has 0 aliphatic rings. The maximum Gasteiger partial charge on any atom is 0.414 e. The molecule has 0 radical (unpaired) electrons. The number of hydrogen-bond acceptors (Lipinski definition) is 8. The summed E-state index contributed by atoms with van der Waals surface area (Å²) >= 11 is 6.14. The average Bonchev–Trinajstić information content (AvgIpc) is 2.86. The van der Waals surface area contributed by atoms with E-state index in [1.54, 1.807) is 35.4 Å². The summed E-state index contributed by atoms with van der Waals surface area (Å²) in [5.41, 5.74) is -0.978. The summed E-state index contributed by atoms with van der Waals surface area (Å²) in [7, 11) is -9.37. The smallest absolute Gasteiger partial charge is 0.414 e. The molecular weight excluding hydrogens is 582 g/mol. The summed E-state index contributed by atoms with van der Waals surface area (Å²) in [4.78, 5) is 71.6. The molecule has 1 aromatic carbocycles. The van der Waals surface area contributed by atoms with Crippen LogP contribution in [0.15, 0.2) is 30.5 Å². The molecule has 0 aliphatic carbocycles. The molecular formula is C25H39ClN4O8P2. The Labute approximate surface area is 239 Å². The minimum atomic E-state index is -5.06. The van der Waals surface area contributed by atoms with E-state index in [2.05, 4.69) is 30.0 Å². The van der Waals surface area contributed by atoms with E-state index >= 15 is 0 Å². The number of amides is 2. The molecule has 224 valence electrons. The monoisotopic (exact) mass is 620 g/mol. The molecule has 1 heterocycles. The third kappa shape index (κ3) is 10.1. The minimum absolute atomic E-state index is 0.0295. The molecule has 2 rings (SSSR count). The molecule has 0 bridgehead atoms. The molecule has 40 heavy (non-hydrogen) atoms. The van der Waals surface area contributed by atoms with E-state index in [-0.39, 0.29) is 25.5 Å². The second kappa shape index (κ2) is 15.3. The van der Waals surface area contributed by atoms with Crippen LogP contribution < -0.4 is 10.2 Å². The second-order valence-corrected chi connectivity index (χ2v) is 14.0. The number of ether oxygens (including phenoxy) is 1. The van der Waals surface area contributed by atoms with Gasteiger partial charge in [-0.1, -0.05) is 25.4 Å². The fourth-order valence-electron chi connectivity index (χ4n) is 4.22. The van der Waals surface area contributed by atoms with Crippen LogP contribution in [0, 0.1) is 0 Å². The Bertz CT molecular complexity index is 1230. The van der Waals surface area contributed by atoms with Gasteiger partial charge in [0.25, 0.3) is 0 Å². The van der Waals surface area contributed by atoms with Gasteiger partial charge in [0.1, 0.15) is 7.34 Å². The first-order valence-electron chi connectivity index (χ1n) is 12.9. The zero-order valence-electron chi connectivity index (χ0n) is 22.9. The van der Waals surface area contributed by atoms with E-state index in [0.29, 0.717) is 22.6 Å². The van der Waals surface area contributed by atoms with Gasteiger partial charge in [0.05, 0.1) is 17.8 Å². The SMILES string of the molecule is C=P(O)(O)C(NC(=O)CCCOC(=O)N(c1ccnc2cc(Cl)ccc12)C(C)CCCN(CC)CC)P(=O)(O)O. The van der Waals surface area contributed by atoms with Crippen LogP contribution in [0.4, 0.5) is 10.5 Å². The molecule has 0 saturated heterocycles. The molecule has 2 unspecified atom stereocenters. The molecule has 0 fully saturated rings. The van der Waals surface area contributed by atoms with Gasteiger partial charge in [0.2, 0.25) is 5.91 Å². The molecule has 5 N–H and O–H groups in total. The summed E-state index contributed by atoms with van der Waals surface area (Å²) in [6.45, 7) is 8.72. The van der Waals surface area contributed by atoms with Gasteiger partial charge in [-0.25, -0.2) is 4.79 Å². The summed E-state index contributed by atoms with van der Waals surface area (Å²) in [5.74, 6) is -0.848. The molecule has 2 amide bonds. The molecule has 2 aromatic rings. The van der Waals surface area contributed by atoms with Crippen LogP contribution in [0.3, 0.4) is 0 Å². The Morgan fingerprint density at radius 2 is 1.82 bits per heavy atom. The van der Waals surface area contributed by atoms with Gasteiger partial charge in [-0.3, -0.25) is 19.2 Å². The lowest BCUT2D eigenvalue weighted by Gasteiger charge is -2.30. The van der Waals surface area contributed by atoms with Crippen molar-refractivity contribution in [2.45, 2.75) is 58.0 Å². The molecule has 0 aliphatic heterocycles. The first kappa shape index (κ1) is 34.2. The quantitative estimate of drug-likeness (QED) is 0.145. The van der Waals surface area contributed by atoms with Crippen molar-refractivity contribution in [1.29, 1.82) is 0 Å². The third-order valence-electron chi connectivity index (χ3n) is 6.34. The van der Waals surface area contributed by atoms with Crippen LogP contribution in [-0.4, -0.2) is 85.6 Å². The zero-order valence-corrected chi connectivity index (χ0v) is 25.5. The summed E-state index contributed by atoms with van der Waals surface area (Å²) < 4.78 is 17.0. The summed E-state index contributed by atoms with van der Waals surface area (Å²) in [6.07, 6.45) is 5.24. The lowest BCUT2D eigenvalue weighted by molar-refractivity contribution is -0.121. The Kier molecular flexibility index (Phi) is 13.1. The Morgan fingerprint density at radius 1 is 1.15 bits per heavy atom. The highest BCUT2D eigenvalue weighted by molar-refractivity contribution is 7.76. The number of nitrogens with one attached hydrogen (secondary N) is 1. The average molecular weight is 621 g/mol. The first-order valence-corrected chi connectivity index (χ1v) is 17.0. The molecule has 0 spiro atoms. The number of rotatable bonds is 15. The fourth-order valence-corrected chi connectivity index (χ4v) is 6.97. The Morgan fingerprint density at radius 3 is 2.42 bits per heavy atom. The van der Waals surface area contributed by atoms with Crippen LogP contribution in [0.5, 0.6) is 0 Å². The van der Waals surface area contributed by atoms with Crippen LogP contribution in [0.25, 0.3) is 10.9 Å². The van der Waals surface area contributed by atoms with E-state index in [0.717, 1.165) is 31.4 Å². The maximum absolute atomic E-state index is 13.4. The number of aromatic nitrogens is 1. The van der Waals surface area contributed by atoms with Crippen LogP contribution in [-0.2, 0) is 14.1 Å². The number of nitrogens with zero attached hydrogens (tertiary/aromatic N) is 3. The maximum atomic E-state index is 13.4. The third-order valence-corrected chi connectivity index (χ3v) is 10.3. The van der Waals surface area contributed by atoms with Crippen LogP contribution >= 0.6 is 26.5 Å². The summed E-state index contributed by atoms with van der Waals surface area (Å²) in [5, 5.41) is 3.16. The minimum Gasteiger partial charge on any atom is -0.449 e. The number of benzene rings is 1. The normalized spacial score (nSPS) is 13.7. The van der Waals surface area contributed by atoms with Crippen molar-refractivity contribution in [3.63, 3.8) is 0 Å². The number of carbonyl (C=O) groups is 2. The number of halogens is 1. The number of carbonyl (C=O) groups excluding carboxylic acids is 2. The van der Waals surface area contributed by atoms with Crippen LogP contribution in [0.2, 0.25) is 5.02 Å². The van der Waals surface area contributed by atoms with Gasteiger partial charge in [0, 0.05) is 29.1 Å². The van der Waals surface area contributed by atoms with Gasteiger partial charge >= 0.3 is 13.7 Å². The van der Waals surface area contributed by atoms with Crippen molar-refractivity contribution < 1.29 is 38.5 Å². The molecule has 12 nitrogen and oxygen atoms in total. The Hall–Kier alpha value is -2.01. The van der Waals surface area contributed by atoms with Crippen molar-refractivity contribution >= 4 is 61.4 Å². The van der Waals surface area contributed by atoms with Gasteiger partial charge in [-0.05, 0) is 76.4 Å². The van der Waals surface area contributed by atoms with Crippen molar-refractivity contribution in [3.05, 3.63) is 35.5 Å². The number of pyridine rings is 1. The van der Waals surface area contributed by atoms with Crippen molar-refractivity contribution in [1.82, 2.24) is 15.2 Å². The highest BCUT2D eigenvalue weighted by Gasteiger charge is 2.39. The van der Waals surface area contributed by atoms with E-state index in [1.165, 1.54) is 0 Å². The van der Waals surface area contributed by atoms with Crippen molar-refractivity contribution in [2.75, 3.05) is 31.1 Å². The number of fused-ring (bicyclic) bond motifs is 1. The largest absolute Gasteiger partial charge is 0.449 e. The first-order chi connectivity index (χ1) is 18.7. The predicted octanol–water partition coefficient (Wildman–Crippen LogP) is 3.96. The topological polar surface area (TPSA) is 173 Å². The van der Waals surface area contributed by atoms with Gasteiger partial charge < -0.3 is 34.5 Å². The standard InChI is InChI=1S/C25H39ClN4O8P2/c1-5-29(6-2)15-7-9-18(3)30(22-13-14-27-21-17-19(26)11-12-20(21)22)25(32)38-16-8-10-23(31)28-24(39(4,33)34)40(35,36)37/h11-14,17-18,24,33-34H,4-10,15-16H2,1-3H3,(H,28,31)(H2,35,36,37). The lowest BCUT2D eigenvalue weighted by Crippen LogP contribution is -2.40.